The number of carbonyl (C=O) groups excluding carboxylic acids is 1. The molecule has 0 amide bonds. The number of benzene rings is 2. The van der Waals surface area contributed by atoms with Gasteiger partial charge < -0.3 is 43.0 Å². The summed E-state index contributed by atoms with van der Waals surface area (Å²) < 4.78 is 57.4. The van der Waals surface area contributed by atoms with Crippen LogP contribution in [0.4, 0.5) is 4.39 Å². The highest BCUT2D eigenvalue weighted by Gasteiger charge is 2.18. The molecule has 2 rings (SSSR count). The zero-order chi connectivity index (χ0) is 30.1. The number of hydrogen-bond donors (Lipinski definition) is 1. The van der Waals surface area contributed by atoms with E-state index in [0.29, 0.717) is 97.0 Å². The molecule has 0 bridgehead atoms. The quantitative estimate of drug-likeness (QED) is 0.128. The maximum Gasteiger partial charge on any atom is 0.313 e. The number of halogens is 1. The standard InChI is InChI=1S/C31H45FO10/c1-26(28-7-8-29(30(32)25-28)27-5-3-2-4-6-27)31(34)42-24-23-41-22-21-40-20-19-39-18-17-38-16-15-37-14-13-36-12-11-35-10-9-33/h2-8,25-26,33H,9-24H2,1H3. The lowest BCUT2D eigenvalue weighted by Crippen LogP contribution is -2.18. The fraction of sp³-hybridized carbons (Fsp3) is 0.581. The van der Waals surface area contributed by atoms with E-state index in [4.69, 9.17) is 43.0 Å². The second-order valence-electron chi connectivity index (χ2n) is 9.00. The Kier molecular flexibility index (Phi) is 20.4. The lowest BCUT2D eigenvalue weighted by Gasteiger charge is -2.13. The third-order valence-electron chi connectivity index (χ3n) is 5.87. The van der Waals surface area contributed by atoms with Crippen molar-refractivity contribution in [3.05, 3.63) is 59.9 Å². The highest BCUT2D eigenvalue weighted by Crippen LogP contribution is 2.26. The average molecular weight is 597 g/mol. The fourth-order valence-electron chi connectivity index (χ4n) is 3.60. The molecule has 0 spiro atoms. The predicted octanol–water partition coefficient (Wildman–Crippen LogP) is 3.25. The van der Waals surface area contributed by atoms with E-state index in [-0.39, 0.29) is 25.6 Å². The smallest absolute Gasteiger partial charge is 0.313 e. The normalized spacial score (nSPS) is 12.0. The van der Waals surface area contributed by atoms with E-state index < -0.39 is 11.9 Å². The van der Waals surface area contributed by atoms with Gasteiger partial charge in [0.15, 0.2) is 0 Å². The second-order valence-corrected chi connectivity index (χ2v) is 9.00. The Morgan fingerprint density at radius 2 is 1.07 bits per heavy atom. The molecule has 0 aromatic heterocycles. The first-order chi connectivity index (χ1) is 20.6. The van der Waals surface area contributed by atoms with E-state index in [1.807, 2.05) is 30.3 Å². The van der Waals surface area contributed by atoms with Crippen LogP contribution in [0.15, 0.2) is 48.5 Å². The van der Waals surface area contributed by atoms with Crippen LogP contribution in [0.2, 0.25) is 0 Å². The molecular weight excluding hydrogens is 551 g/mol. The molecule has 1 atom stereocenters. The maximum absolute atomic E-state index is 14.6. The number of esters is 1. The summed E-state index contributed by atoms with van der Waals surface area (Å²) in [6.45, 7) is 7.82. The molecule has 0 heterocycles. The van der Waals surface area contributed by atoms with E-state index in [0.717, 1.165) is 5.56 Å². The molecule has 42 heavy (non-hydrogen) atoms. The molecule has 2 aromatic rings. The largest absolute Gasteiger partial charge is 0.463 e. The van der Waals surface area contributed by atoms with Gasteiger partial charge >= 0.3 is 5.97 Å². The number of rotatable bonds is 26. The van der Waals surface area contributed by atoms with Gasteiger partial charge in [-0.1, -0.05) is 42.5 Å². The number of carbonyl (C=O) groups is 1. The summed E-state index contributed by atoms with van der Waals surface area (Å²) in [6.07, 6.45) is 0. The van der Waals surface area contributed by atoms with E-state index in [9.17, 15) is 9.18 Å². The molecule has 0 saturated heterocycles. The van der Waals surface area contributed by atoms with Crippen LogP contribution in [0.3, 0.4) is 0 Å². The van der Waals surface area contributed by atoms with Crippen LogP contribution in [0.1, 0.15) is 18.4 Å². The molecular formula is C31H45FO10. The van der Waals surface area contributed by atoms with Gasteiger partial charge in [-0.25, -0.2) is 4.39 Å². The highest BCUT2D eigenvalue weighted by molar-refractivity contribution is 5.78. The number of aliphatic hydroxyl groups is 1. The van der Waals surface area contributed by atoms with Crippen molar-refractivity contribution in [2.24, 2.45) is 0 Å². The minimum atomic E-state index is -0.591. The Hall–Kier alpha value is -2.48. The molecule has 236 valence electrons. The van der Waals surface area contributed by atoms with Crippen LogP contribution in [0, 0.1) is 5.82 Å². The third kappa shape index (κ3) is 16.2. The minimum Gasteiger partial charge on any atom is -0.463 e. The van der Waals surface area contributed by atoms with Crippen molar-refractivity contribution in [1.29, 1.82) is 0 Å². The van der Waals surface area contributed by atoms with Crippen LogP contribution < -0.4 is 0 Å². The summed E-state index contributed by atoms with van der Waals surface area (Å²) in [4.78, 5) is 12.4. The lowest BCUT2D eigenvalue weighted by molar-refractivity contribution is -0.146. The molecule has 1 N–H and O–H groups in total. The number of hydrogen-bond acceptors (Lipinski definition) is 10. The molecule has 11 heteroatoms. The molecule has 1 unspecified atom stereocenters. The SMILES string of the molecule is CC(C(=O)OCCOCCOCCOCCOCCOCCOCCOCCO)c1ccc(-c2ccccc2)c(F)c1. The van der Waals surface area contributed by atoms with Gasteiger partial charge in [-0.05, 0) is 24.1 Å². The molecule has 0 radical (unpaired) electrons. The fourth-order valence-corrected chi connectivity index (χ4v) is 3.60. The Labute approximate surface area is 247 Å². The topological polar surface area (TPSA) is 111 Å². The van der Waals surface area contributed by atoms with Gasteiger partial charge in [-0.15, -0.1) is 0 Å². The van der Waals surface area contributed by atoms with Crippen molar-refractivity contribution >= 4 is 5.97 Å². The summed E-state index contributed by atoms with van der Waals surface area (Å²) in [5, 5.41) is 8.57. The van der Waals surface area contributed by atoms with Crippen molar-refractivity contribution in [3.8, 4) is 11.1 Å². The van der Waals surface area contributed by atoms with Crippen molar-refractivity contribution < 1.29 is 52.2 Å². The van der Waals surface area contributed by atoms with Gasteiger partial charge in [0, 0.05) is 5.56 Å². The Morgan fingerprint density at radius 3 is 1.50 bits per heavy atom. The minimum absolute atomic E-state index is 0.0145. The molecule has 2 aromatic carbocycles. The van der Waals surface area contributed by atoms with Crippen molar-refractivity contribution in [1.82, 2.24) is 0 Å². The first kappa shape index (κ1) is 35.7. The van der Waals surface area contributed by atoms with Crippen LogP contribution in [0.5, 0.6) is 0 Å². The van der Waals surface area contributed by atoms with Gasteiger partial charge in [0.1, 0.15) is 12.4 Å². The highest BCUT2D eigenvalue weighted by atomic mass is 19.1. The molecule has 0 aliphatic heterocycles. The van der Waals surface area contributed by atoms with E-state index in [1.54, 1.807) is 19.1 Å². The monoisotopic (exact) mass is 596 g/mol. The van der Waals surface area contributed by atoms with E-state index >= 15 is 0 Å². The molecule has 0 aliphatic carbocycles. The lowest BCUT2D eigenvalue weighted by atomic mass is 9.97. The van der Waals surface area contributed by atoms with Gasteiger partial charge in [0.2, 0.25) is 0 Å². The van der Waals surface area contributed by atoms with Crippen LogP contribution in [0.25, 0.3) is 11.1 Å². The molecule has 0 fully saturated rings. The van der Waals surface area contributed by atoms with E-state index in [2.05, 4.69) is 0 Å². The Balaban J connectivity index is 1.35. The summed E-state index contributed by atoms with van der Waals surface area (Å²) in [5.74, 6) is -1.40. The molecule has 0 aliphatic rings. The van der Waals surface area contributed by atoms with E-state index in [1.165, 1.54) is 6.07 Å². The summed E-state index contributed by atoms with van der Waals surface area (Å²) in [7, 11) is 0. The number of ether oxygens (including phenoxy) is 8. The Morgan fingerprint density at radius 1 is 0.643 bits per heavy atom. The Bertz CT molecular complexity index is 947. The second kappa shape index (κ2) is 24.0. The van der Waals surface area contributed by atoms with Crippen LogP contribution in [-0.2, 0) is 42.7 Å². The zero-order valence-electron chi connectivity index (χ0n) is 24.5. The molecule has 10 nitrogen and oxygen atoms in total. The summed E-state index contributed by atoms with van der Waals surface area (Å²) >= 11 is 0. The van der Waals surface area contributed by atoms with Crippen molar-refractivity contribution in [3.63, 3.8) is 0 Å². The van der Waals surface area contributed by atoms with Crippen LogP contribution >= 0.6 is 0 Å². The van der Waals surface area contributed by atoms with Crippen molar-refractivity contribution in [2.45, 2.75) is 12.8 Å². The van der Waals surface area contributed by atoms with Gasteiger partial charge in [0.05, 0.1) is 105 Å². The first-order valence-electron chi connectivity index (χ1n) is 14.3. The summed E-state index contributed by atoms with van der Waals surface area (Å²) in [6, 6.07) is 14.1. The first-order valence-corrected chi connectivity index (χ1v) is 14.3. The molecule has 0 saturated carbocycles. The van der Waals surface area contributed by atoms with Crippen molar-refractivity contribution in [2.75, 3.05) is 106 Å². The van der Waals surface area contributed by atoms with Gasteiger partial charge in [-0.3, -0.25) is 4.79 Å². The predicted molar refractivity (Wildman–Crippen MR) is 154 cm³/mol. The zero-order valence-corrected chi connectivity index (χ0v) is 24.5. The van der Waals surface area contributed by atoms with Crippen LogP contribution in [-0.4, -0.2) is 117 Å². The third-order valence-corrected chi connectivity index (χ3v) is 5.87. The van der Waals surface area contributed by atoms with Gasteiger partial charge in [-0.2, -0.15) is 0 Å². The number of aliphatic hydroxyl groups excluding tert-OH is 1. The summed E-state index contributed by atoms with van der Waals surface area (Å²) in [5.41, 5.74) is 1.83. The maximum atomic E-state index is 14.6. The average Bonchev–Trinajstić information content (AvgIpc) is 3.01. The van der Waals surface area contributed by atoms with Gasteiger partial charge in [0.25, 0.3) is 0 Å².